The van der Waals surface area contributed by atoms with E-state index in [4.69, 9.17) is 24.4 Å². The number of carbonyl (C=O) groups is 1. The topological polar surface area (TPSA) is 104 Å². The van der Waals surface area contributed by atoms with Crippen LogP contribution in [0.3, 0.4) is 0 Å². The van der Waals surface area contributed by atoms with Gasteiger partial charge < -0.3 is 4.42 Å². The largest absolute Gasteiger partial charge is 0.456 e. The van der Waals surface area contributed by atoms with Gasteiger partial charge in [-0.15, -0.1) is 0 Å². The van der Waals surface area contributed by atoms with Crippen LogP contribution in [-0.2, 0) is 0 Å². The van der Waals surface area contributed by atoms with Crippen molar-refractivity contribution in [2.24, 2.45) is 0 Å². The lowest BCUT2D eigenvalue weighted by atomic mass is 9.98. The average molecular weight is 646 g/mol. The number of hydrogen-bond donors (Lipinski definition) is 0. The minimum Gasteiger partial charge on any atom is -0.456 e. The Morgan fingerprint density at radius 2 is 1.12 bits per heavy atom. The summed E-state index contributed by atoms with van der Waals surface area (Å²) in [6.07, 6.45) is 0. The molecule has 0 atom stereocenters. The van der Waals surface area contributed by atoms with Gasteiger partial charge in [0.2, 0.25) is 5.78 Å². The Labute approximate surface area is 284 Å². The van der Waals surface area contributed by atoms with Crippen LogP contribution in [0.15, 0.2) is 149 Å². The maximum absolute atomic E-state index is 14.2. The van der Waals surface area contributed by atoms with Crippen molar-refractivity contribution in [2.45, 2.75) is 0 Å². The highest BCUT2D eigenvalue weighted by molar-refractivity contribution is 6.15. The number of ketones is 1. The number of benzene rings is 6. The van der Waals surface area contributed by atoms with E-state index in [1.165, 1.54) is 4.57 Å². The van der Waals surface area contributed by atoms with E-state index in [1.807, 2.05) is 121 Å². The fourth-order valence-corrected chi connectivity index (χ4v) is 6.85. The first-order valence-electron chi connectivity index (χ1n) is 16.1. The van der Waals surface area contributed by atoms with E-state index in [1.54, 1.807) is 18.2 Å². The second-order valence-electron chi connectivity index (χ2n) is 12.2. The number of furan rings is 1. The van der Waals surface area contributed by atoms with Crippen LogP contribution in [0.25, 0.3) is 83.8 Å². The first-order chi connectivity index (χ1) is 24.6. The second-order valence-corrected chi connectivity index (χ2v) is 12.2. The molecule has 234 valence electrons. The Morgan fingerprint density at radius 3 is 1.86 bits per heavy atom. The zero-order chi connectivity index (χ0) is 33.3. The van der Waals surface area contributed by atoms with Crippen LogP contribution < -0.4 is 5.56 Å². The molecule has 8 heteroatoms. The molecule has 8 nitrogen and oxygen atoms in total. The lowest BCUT2D eigenvalue weighted by Gasteiger charge is -2.10. The molecule has 0 amide bonds. The highest BCUT2D eigenvalue weighted by atomic mass is 16.3. The van der Waals surface area contributed by atoms with Gasteiger partial charge in [0.15, 0.2) is 23.3 Å². The summed E-state index contributed by atoms with van der Waals surface area (Å²) in [6.45, 7) is 0. The summed E-state index contributed by atoms with van der Waals surface area (Å²) in [5, 5.41) is 2.40. The van der Waals surface area contributed by atoms with E-state index in [-0.39, 0.29) is 17.2 Å². The quantitative estimate of drug-likeness (QED) is 0.189. The van der Waals surface area contributed by atoms with Crippen LogP contribution in [-0.4, -0.2) is 30.3 Å². The molecule has 0 spiro atoms. The minimum atomic E-state index is -0.333. The summed E-state index contributed by atoms with van der Waals surface area (Å²) in [6, 6.07) is 44.2. The number of nitrogens with zero attached hydrogens (tertiary/aromatic N) is 5. The van der Waals surface area contributed by atoms with Crippen LogP contribution in [0.1, 0.15) is 16.2 Å². The van der Waals surface area contributed by atoms with Crippen LogP contribution in [0, 0.1) is 0 Å². The standard InChI is InChI=1S/C42H23N5O3/c48-37-31-23-27(40-45-38(24-10-3-1-4-11-24)44-39(46-40)25-12-5-2-6-13-25)19-21-33(31)47-41(37)43-32-20-18-26(22-30(32)42(47)49)28-15-9-17-35-36(28)29-14-7-8-16-34(29)50-35/h1-23H. The van der Waals surface area contributed by atoms with Crippen molar-refractivity contribution in [3.8, 4) is 51.0 Å². The van der Waals surface area contributed by atoms with Crippen molar-refractivity contribution in [3.63, 3.8) is 0 Å². The van der Waals surface area contributed by atoms with Gasteiger partial charge in [0.1, 0.15) is 11.2 Å². The Balaban J connectivity index is 1.11. The third kappa shape index (κ3) is 4.25. The lowest BCUT2D eigenvalue weighted by molar-refractivity contribution is 0.103. The minimum absolute atomic E-state index is 0.0796. The maximum atomic E-state index is 14.2. The molecule has 0 N–H and O–H groups in total. The molecule has 0 fully saturated rings. The molecular formula is C42H23N5O3. The molecule has 0 saturated carbocycles. The highest BCUT2D eigenvalue weighted by Gasteiger charge is 2.31. The predicted molar refractivity (Wildman–Crippen MR) is 193 cm³/mol. The predicted octanol–water partition coefficient (Wildman–Crippen LogP) is 8.68. The molecule has 0 radical (unpaired) electrons. The Morgan fingerprint density at radius 1 is 0.480 bits per heavy atom. The van der Waals surface area contributed by atoms with Crippen molar-refractivity contribution >= 4 is 38.6 Å². The first kappa shape index (κ1) is 28.0. The monoisotopic (exact) mass is 645 g/mol. The zero-order valence-electron chi connectivity index (χ0n) is 26.2. The molecule has 50 heavy (non-hydrogen) atoms. The number of rotatable bonds is 4. The summed E-state index contributed by atoms with van der Waals surface area (Å²) in [7, 11) is 0. The zero-order valence-corrected chi connectivity index (χ0v) is 26.2. The maximum Gasteiger partial charge on any atom is 0.266 e. The molecule has 0 bridgehead atoms. The lowest BCUT2D eigenvalue weighted by Crippen LogP contribution is -2.21. The van der Waals surface area contributed by atoms with Gasteiger partial charge in [-0.05, 0) is 53.6 Å². The number of fused-ring (bicyclic) bond motifs is 7. The number of hydrogen-bond acceptors (Lipinski definition) is 7. The van der Waals surface area contributed by atoms with E-state index < -0.39 is 0 Å². The highest BCUT2D eigenvalue weighted by Crippen LogP contribution is 2.38. The van der Waals surface area contributed by atoms with Crippen molar-refractivity contribution in [2.75, 3.05) is 0 Å². The fraction of sp³-hybridized carbons (Fsp3) is 0. The smallest absolute Gasteiger partial charge is 0.266 e. The fourth-order valence-electron chi connectivity index (χ4n) is 6.85. The SMILES string of the molecule is O=C1c2cc(-c3nc(-c4ccccc4)nc(-c4ccccc4)n3)ccc2-n2c1nc1ccc(-c3cccc4oc5ccccc5c34)cc1c2=O. The van der Waals surface area contributed by atoms with Crippen molar-refractivity contribution in [1.82, 2.24) is 24.5 Å². The number of carbonyl (C=O) groups excluding carboxylic acids is 1. The summed E-state index contributed by atoms with van der Waals surface area (Å²) in [5.41, 5.74) is 6.66. The van der Waals surface area contributed by atoms with Gasteiger partial charge in [0, 0.05) is 27.5 Å². The molecule has 0 unspecified atom stereocenters. The van der Waals surface area contributed by atoms with Crippen LogP contribution in [0.2, 0.25) is 0 Å². The second kappa shape index (κ2) is 10.7. The van der Waals surface area contributed by atoms with Gasteiger partial charge in [-0.1, -0.05) is 97.1 Å². The van der Waals surface area contributed by atoms with E-state index in [2.05, 4.69) is 0 Å². The Bertz CT molecular complexity index is 2860. The number of para-hydroxylation sites is 1. The Hall–Kier alpha value is -7.06. The molecule has 1 aliphatic rings. The molecule has 10 rings (SSSR count). The molecule has 0 saturated heterocycles. The Kier molecular flexibility index (Phi) is 6.01. The van der Waals surface area contributed by atoms with E-state index >= 15 is 0 Å². The van der Waals surface area contributed by atoms with Crippen LogP contribution in [0.4, 0.5) is 0 Å². The normalized spacial score (nSPS) is 12.1. The third-order valence-electron chi connectivity index (χ3n) is 9.22. The number of aromatic nitrogens is 5. The van der Waals surface area contributed by atoms with Crippen molar-refractivity contribution < 1.29 is 9.21 Å². The summed E-state index contributed by atoms with van der Waals surface area (Å²) in [4.78, 5) is 47.2. The van der Waals surface area contributed by atoms with Gasteiger partial charge in [-0.3, -0.25) is 14.2 Å². The summed E-state index contributed by atoms with van der Waals surface area (Å²) >= 11 is 0. The van der Waals surface area contributed by atoms with Gasteiger partial charge in [-0.2, -0.15) is 0 Å². The molecule has 3 aromatic heterocycles. The molecule has 1 aliphatic heterocycles. The van der Waals surface area contributed by atoms with E-state index in [0.29, 0.717) is 45.2 Å². The summed E-state index contributed by atoms with van der Waals surface area (Å²) < 4.78 is 7.52. The molecule has 6 aromatic carbocycles. The van der Waals surface area contributed by atoms with E-state index in [0.717, 1.165) is 44.2 Å². The molecule has 0 aliphatic carbocycles. The summed E-state index contributed by atoms with van der Waals surface area (Å²) in [5.74, 6) is 1.20. The molecule has 9 aromatic rings. The third-order valence-corrected chi connectivity index (χ3v) is 9.22. The van der Waals surface area contributed by atoms with Gasteiger partial charge >= 0.3 is 0 Å². The first-order valence-corrected chi connectivity index (χ1v) is 16.1. The van der Waals surface area contributed by atoms with Gasteiger partial charge in [0.05, 0.1) is 22.2 Å². The van der Waals surface area contributed by atoms with Crippen molar-refractivity contribution in [3.05, 3.63) is 161 Å². The molecule has 4 heterocycles. The molecular weight excluding hydrogens is 622 g/mol. The van der Waals surface area contributed by atoms with Crippen LogP contribution in [0.5, 0.6) is 0 Å². The van der Waals surface area contributed by atoms with Gasteiger partial charge in [0.25, 0.3) is 5.56 Å². The average Bonchev–Trinajstić information content (AvgIpc) is 3.70. The van der Waals surface area contributed by atoms with Crippen LogP contribution >= 0.6 is 0 Å². The van der Waals surface area contributed by atoms with Crippen molar-refractivity contribution in [1.29, 1.82) is 0 Å². The van der Waals surface area contributed by atoms with Gasteiger partial charge in [-0.25, -0.2) is 19.9 Å². The van der Waals surface area contributed by atoms with E-state index in [9.17, 15) is 9.59 Å².